The SMILES string of the molecule is CC1CN(C(=O)c2ccccc2NCc2cccnc2)CC(C)S1. The minimum atomic E-state index is 0.114. The first-order chi connectivity index (χ1) is 11.6. The molecule has 2 heterocycles. The van der Waals surface area contributed by atoms with E-state index in [-0.39, 0.29) is 5.91 Å². The minimum Gasteiger partial charge on any atom is -0.380 e. The number of thioether (sulfide) groups is 1. The third-order valence-corrected chi connectivity index (χ3v) is 5.30. The molecule has 1 amide bonds. The topological polar surface area (TPSA) is 45.2 Å². The Morgan fingerprint density at radius 3 is 2.67 bits per heavy atom. The van der Waals surface area contributed by atoms with Crippen LogP contribution < -0.4 is 5.32 Å². The Hall–Kier alpha value is -2.01. The summed E-state index contributed by atoms with van der Waals surface area (Å²) < 4.78 is 0. The first-order valence-electron chi connectivity index (χ1n) is 8.30. The Morgan fingerprint density at radius 1 is 1.21 bits per heavy atom. The number of carbonyl (C=O) groups is 1. The van der Waals surface area contributed by atoms with E-state index < -0.39 is 0 Å². The second-order valence-corrected chi connectivity index (χ2v) is 8.11. The van der Waals surface area contributed by atoms with Crippen LogP contribution in [-0.2, 0) is 6.54 Å². The molecule has 2 atom stereocenters. The van der Waals surface area contributed by atoms with Crippen molar-refractivity contribution in [1.82, 2.24) is 9.88 Å². The molecule has 2 aromatic rings. The van der Waals surface area contributed by atoms with Gasteiger partial charge in [0.2, 0.25) is 0 Å². The largest absolute Gasteiger partial charge is 0.380 e. The average molecular weight is 341 g/mol. The number of aromatic nitrogens is 1. The first kappa shape index (κ1) is 16.8. The van der Waals surface area contributed by atoms with Crippen LogP contribution in [-0.4, -0.2) is 39.4 Å². The maximum Gasteiger partial charge on any atom is 0.256 e. The first-order valence-corrected chi connectivity index (χ1v) is 9.24. The van der Waals surface area contributed by atoms with Gasteiger partial charge in [-0.1, -0.05) is 32.0 Å². The van der Waals surface area contributed by atoms with Crippen LogP contribution >= 0.6 is 11.8 Å². The van der Waals surface area contributed by atoms with Gasteiger partial charge in [-0.15, -0.1) is 0 Å². The molecule has 0 radical (unpaired) electrons. The maximum absolute atomic E-state index is 13.0. The quantitative estimate of drug-likeness (QED) is 0.922. The minimum absolute atomic E-state index is 0.114. The van der Waals surface area contributed by atoms with E-state index in [2.05, 4.69) is 24.1 Å². The fraction of sp³-hybridized carbons (Fsp3) is 0.368. The van der Waals surface area contributed by atoms with Crippen LogP contribution in [0.25, 0.3) is 0 Å². The molecule has 1 aromatic carbocycles. The van der Waals surface area contributed by atoms with Crippen molar-refractivity contribution in [2.45, 2.75) is 30.9 Å². The second kappa shape index (κ2) is 7.71. The van der Waals surface area contributed by atoms with Gasteiger partial charge >= 0.3 is 0 Å². The lowest BCUT2D eigenvalue weighted by atomic mass is 10.1. The molecule has 0 spiro atoms. The predicted molar refractivity (Wildman–Crippen MR) is 100 cm³/mol. The van der Waals surface area contributed by atoms with Crippen LogP contribution in [0.1, 0.15) is 29.8 Å². The molecule has 126 valence electrons. The molecule has 0 aliphatic carbocycles. The number of benzene rings is 1. The predicted octanol–water partition coefficient (Wildman–Crippen LogP) is 3.66. The van der Waals surface area contributed by atoms with Crippen molar-refractivity contribution in [2.24, 2.45) is 0 Å². The summed E-state index contributed by atoms with van der Waals surface area (Å²) in [6.07, 6.45) is 3.60. The molecule has 0 bridgehead atoms. The van der Waals surface area contributed by atoms with E-state index in [1.807, 2.05) is 59.3 Å². The molecule has 1 aliphatic heterocycles. The molecular weight excluding hydrogens is 318 g/mol. The summed E-state index contributed by atoms with van der Waals surface area (Å²) in [6, 6.07) is 11.7. The van der Waals surface area contributed by atoms with Crippen LogP contribution in [0, 0.1) is 0 Å². The zero-order valence-electron chi connectivity index (χ0n) is 14.1. The van der Waals surface area contributed by atoms with Gasteiger partial charge in [-0.05, 0) is 23.8 Å². The lowest BCUT2D eigenvalue weighted by molar-refractivity contribution is 0.0754. The molecule has 1 aliphatic rings. The lowest BCUT2D eigenvalue weighted by Crippen LogP contribution is -2.44. The highest BCUT2D eigenvalue weighted by molar-refractivity contribution is 8.00. The number of para-hydroxylation sites is 1. The number of anilines is 1. The number of nitrogens with zero attached hydrogens (tertiary/aromatic N) is 2. The summed E-state index contributed by atoms with van der Waals surface area (Å²) in [5.74, 6) is 0.114. The fourth-order valence-corrected chi connectivity index (χ4v) is 4.36. The molecule has 3 rings (SSSR count). The van der Waals surface area contributed by atoms with Gasteiger partial charge in [0.15, 0.2) is 0 Å². The van der Waals surface area contributed by atoms with Gasteiger partial charge in [-0.2, -0.15) is 11.8 Å². The Bertz CT molecular complexity index is 682. The highest BCUT2D eigenvalue weighted by atomic mass is 32.2. The molecule has 24 heavy (non-hydrogen) atoms. The Kier molecular flexibility index (Phi) is 5.41. The highest BCUT2D eigenvalue weighted by Gasteiger charge is 2.27. The van der Waals surface area contributed by atoms with Crippen molar-refractivity contribution >= 4 is 23.4 Å². The number of amides is 1. The van der Waals surface area contributed by atoms with Crippen LogP contribution in [0.2, 0.25) is 0 Å². The smallest absolute Gasteiger partial charge is 0.256 e. The number of carbonyl (C=O) groups excluding carboxylic acids is 1. The summed E-state index contributed by atoms with van der Waals surface area (Å²) in [6.45, 7) is 6.65. The molecule has 1 saturated heterocycles. The summed E-state index contributed by atoms with van der Waals surface area (Å²) in [5.41, 5.74) is 2.72. The average Bonchev–Trinajstić information content (AvgIpc) is 2.59. The molecular formula is C19H23N3OS. The number of hydrogen-bond acceptors (Lipinski definition) is 4. The summed E-state index contributed by atoms with van der Waals surface area (Å²) in [5, 5.41) is 4.34. The monoisotopic (exact) mass is 341 g/mol. The Balaban J connectivity index is 1.74. The zero-order valence-corrected chi connectivity index (χ0v) is 14.9. The molecule has 5 heteroatoms. The molecule has 4 nitrogen and oxygen atoms in total. The van der Waals surface area contributed by atoms with Gasteiger partial charge < -0.3 is 10.2 Å². The number of nitrogens with one attached hydrogen (secondary N) is 1. The second-order valence-electron chi connectivity index (χ2n) is 6.23. The standard InChI is InChI=1S/C19H23N3OS/c1-14-12-22(13-15(2)24-14)19(23)17-7-3-4-8-18(17)21-11-16-6-5-9-20-10-16/h3-10,14-15,21H,11-13H2,1-2H3. The van der Waals surface area contributed by atoms with Gasteiger partial charge in [0.1, 0.15) is 0 Å². The van der Waals surface area contributed by atoms with E-state index in [4.69, 9.17) is 0 Å². The number of hydrogen-bond donors (Lipinski definition) is 1. The van der Waals surface area contributed by atoms with Crippen LogP contribution in [0.15, 0.2) is 48.8 Å². The Labute approximate surface area is 147 Å². The summed E-state index contributed by atoms with van der Waals surface area (Å²) in [4.78, 5) is 19.1. The summed E-state index contributed by atoms with van der Waals surface area (Å²) >= 11 is 1.95. The zero-order chi connectivity index (χ0) is 16.9. The van der Waals surface area contributed by atoms with Gasteiger partial charge in [0.25, 0.3) is 5.91 Å². The molecule has 1 fully saturated rings. The highest BCUT2D eigenvalue weighted by Crippen LogP contribution is 2.27. The number of pyridine rings is 1. The number of rotatable bonds is 4. The van der Waals surface area contributed by atoms with Crippen molar-refractivity contribution < 1.29 is 4.79 Å². The maximum atomic E-state index is 13.0. The van der Waals surface area contributed by atoms with Gasteiger partial charge in [-0.25, -0.2) is 0 Å². The van der Waals surface area contributed by atoms with Crippen LogP contribution in [0.5, 0.6) is 0 Å². The van der Waals surface area contributed by atoms with Gasteiger partial charge in [0.05, 0.1) is 5.56 Å². The van der Waals surface area contributed by atoms with Crippen LogP contribution in [0.4, 0.5) is 5.69 Å². The van der Waals surface area contributed by atoms with E-state index >= 15 is 0 Å². The van der Waals surface area contributed by atoms with Crippen molar-refractivity contribution in [3.8, 4) is 0 Å². The van der Waals surface area contributed by atoms with E-state index in [9.17, 15) is 4.79 Å². The van der Waals surface area contributed by atoms with Crippen molar-refractivity contribution in [2.75, 3.05) is 18.4 Å². The molecule has 2 unspecified atom stereocenters. The molecule has 0 saturated carbocycles. The van der Waals surface area contributed by atoms with Crippen molar-refractivity contribution in [1.29, 1.82) is 0 Å². The fourth-order valence-electron chi connectivity index (χ4n) is 3.04. The normalized spacial score (nSPS) is 20.7. The van der Waals surface area contributed by atoms with Gasteiger partial charge in [0, 0.05) is 48.2 Å². The van der Waals surface area contributed by atoms with Crippen molar-refractivity contribution in [3.05, 3.63) is 59.9 Å². The third-order valence-electron chi connectivity index (χ3n) is 4.07. The summed E-state index contributed by atoms with van der Waals surface area (Å²) in [7, 11) is 0. The molecule has 1 N–H and O–H groups in total. The van der Waals surface area contributed by atoms with Gasteiger partial charge in [-0.3, -0.25) is 9.78 Å². The Morgan fingerprint density at radius 2 is 1.96 bits per heavy atom. The van der Waals surface area contributed by atoms with Crippen LogP contribution in [0.3, 0.4) is 0 Å². The lowest BCUT2D eigenvalue weighted by Gasteiger charge is -2.35. The third kappa shape index (κ3) is 4.09. The van der Waals surface area contributed by atoms with E-state index in [1.165, 1.54) is 0 Å². The van der Waals surface area contributed by atoms with Crippen molar-refractivity contribution in [3.63, 3.8) is 0 Å². The molecule has 1 aromatic heterocycles. The van der Waals surface area contributed by atoms with E-state index in [0.29, 0.717) is 17.0 Å². The van der Waals surface area contributed by atoms with E-state index in [0.717, 1.165) is 29.9 Å². The van der Waals surface area contributed by atoms with E-state index in [1.54, 1.807) is 6.20 Å².